The summed E-state index contributed by atoms with van der Waals surface area (Å²) in [6.45, 7) is 0.564. The fourth-order valence-corrected chi connectivity index (χ4v) is 2.59. The molecule has 2 aromatic carbocycles. The van der Waals surface area contributed by atoms with Gasteiger partial charge < -0.3 is 5.73 Å². The lowest BCUT2D eigenvalue weighted by atomic mass is 10.1. The van der Waals surface area contributed by atoms with Gasteiger partial charge in [-0.1, -0.05) is 54.6 Å². The SMILES string of the molecule is NC1CC(NOCc2ccccc2)c2ccccc21. The number of hydrogen-bond acceptors (Lipinski definition) is 3. The Balaban J connectivity index is 1.60. The Labute approximate surface area is 113 Å². The summed E-state index contributed by atoms with van der Waals surface area (Å²) in [4.78, 5) is 5.60. The third kappa shape index (κ3) is 2.68. The van der Waals surface area contributed by atoms with Crippen molar-refractivity contribution in [1.82, 2.24) is 5.48 Å². The molecule has 0 saturated heterocycles. The molecule has 3 N–H and O–H groups in total. The van der Waals surface area contributed by atoms with E-state index in [4.69, 9.17) is 10.6 Å². The van der Waals surface area contributed by atoms with Gasteiger partial charge in [-0.25, -0.2) is 0 Å². The normalized spacial score (nSPS) is 21.3. The predicted molar refractivity (Wildman–Crippen MR) is 75.1 cm³/mol. The lowest BCUT2D eigenvalue weighted by Crippen LogP contribution is -2.20. The van der Waals surface area contributed by atoms with Crippen LogP contribution in [0.1, 0.15) is 35.2 Å². The fraction of sp³-hybridized carbons (Fsp3) is 0.250. The van der Waals surface area contributed by atoms with Gasteiger partial charge in [0.25, 0.3) is 0 Å². The first kappa shape index (κ1) is 12.4. The zero-order valence-electron chi connectivity index (χ0n) is 10.8. The molecule has 98 valence electrons. The third-order valence-electron chi connectivity index (χ3n) is 3.57. The maximum Gasteiger partial charge on any atom is 0.0933 e. The largest absolute Gasteiger partial charge is 0.324 e. The van der Waals surface area contributed by atoms with Gasteiger partial charge in [0.2, 0.25) is 0 Å². The van der Waals surface area contributed by atoms with E-state index < -0.39 is 0 Å². The summed E-state index contributed by atoms with van der Waals surface area (Å²) in [7, 11) is 0. The average Bonchev–Trinajstić information content (AvgIpc) is 2.78. The van der Waals surface area contributed by atoms with Crippen molar-refractivity contribution in [3.63, 3.8) is 0 Å². The van der Waals surface area contributed by atoms with E-state index in [1.165, 1.54) is 11.1 Å². The molecule has 0 spiro atoms. The van der Waals surface area contributed by atoms with E-state index >= 15 is 0 Å². The van der Waals surface area contributed by atoms with E-state index in [0.717, 1.165) is 12.0 Å². The summed E-state index contributed by atoms with van der Waals surface area (Å²) in [5, 5.41) is 0. The molecule has 0 bridgehead atoms. The molecule has 0 saturated carbocycles. The first-order valence-electron chi connectivity index (χ1n) is 6.60. The van der Waals surface area contributed by atoms with Crippen LogP contribution in [0.5, 0.6) is 0 Å². The van der Waals surface area contributed by atoms with E-state index in [-0.39, 0.29) is 12.1 Å². The van der Waals surface area contributed by atoms with Crippen molar-refractivity contribution >= 4 is 0 Å². The quantitative estimate of drug-likeness (QED) is 0.825. The number of fused-ring (bicyclic) bond motifs is 1. The molecular formula is C16H18N2O. The van der Waals surface area contributed by atoms with Gasteiger partial charge in [0.05, 0.1) is 12.6 Å². The van der Waals surface area contributed by atoms with Crippen LogP contribution in [0.3, 0.4) is 0 Å². The van der Waals surface area contributed by atoms with Crippen LogP contribution in [0.4, 0.5) is 0 Å². The van der Waals surface area contributed by atoms with Gasteiger partial charge in [0, 0.05) is 6.04 Å². The van der Waals surface area contributed by atoms with Gasteiger partial charge in [-0.15, -0.1) is 0 Å². The highest BCUT2D eigenvalue weighted by molar-refractivity contribution is 5.37. The molecule has 0 aromatic heterocycles. The molecule has 0 aliphatic heterocycles. The molecule has 1 aliphatic rings. The average molecular weight is 254 g/mol. The summed E-state index contributed by atoms with van der Waals surface area (Å²) in [5.74, 6) is 0. The van der Waals surface area contributed by atoms with Crippen LogP contribution in [0.15, 0.2) is 54.6 Å². The number of hydroxylamine groups is 1. The minimum Gasteiger partial charge on any atom is -0.324 e. The van der Waals surface area contributed by atoms with Crippen molar-refractivity contribution in [3.8, 4) is 0 Å². The van der Waals surface area contributed by atoms with Gasteiger partial charge >= 0.3 is 0 Å². The number of rotatable bonds is 4. The predicted octanol–water partition coefficient (Wildman–Crippen LogP) is 2.85. The lowest BCUT2D eigenvalue weighted by molar-refractivity contribution is 0.00237. The number of nitrogens with two attached hydrogens (primary N) is 1. The fourth-order valence-electron chi connectivity index (χ4n) is 2.59. The van der Waals surface area contributed by atoms with Crippen LogP contribution in [-0.2, 0) is 11.4 Å². The van der Waals surface area contributed by atoms with Crippen LogP contribution in [0, 0.1) is 0 Å². The van der Waals surface area contributed by atoms with Crippen LogP contribution in [0.2, 0.25) is 0 Å². The molecule has 2 aromatic rings. The first-order chi connectivity index (χ1) is 9.34. The van der Waals surface area contributed by atoms with Crippen LogP contribution in [-0.4, -0.2) is 0 Å². The monoisotopic (exact) mass is 254 g/mol. The Hall–Kier alpha value is -1.68. The highest BCUT2D eigenvalue weighted by Crippen LogP contribution is 2.36. The van der Waals surface area contributed by atoms with Gasteiger partial charge in [0.1, 0.15) is 0 Å². The highest BCUT2D eigenvalue weighted by Gasteiger charge is 2.28. The molecule has 2 atom stereocenters. The number of nitrogens with one attached hydrogen (secondary N) is 1. The molecule has 1 aliphatic carbocycles. The second-order valence-electron chi connectivity index (χ2n) is 4.92. The molecular weight excluding hydrogens is 236 g/mol. The molecule has 0 amide bonds. The smallest absolute Gasteiger partial charge is 0.0933 e. The Morgan fingerprint density at radius 3 is 2.47 bits per heavy atom. The summed E-state index contributed by atoms with van der Waals surface area (Å²) < 4.78 is 0. The molecule has 3 nitrogen and oxygen atoms in total. The van der Waals surface area contributed by atoms with Crippen molar-refractivity contribution < 1.29 is 4.84 Å². The second-order valence-corrected chi connectivity index (χ2v) is 4.92. The van der Waals surface area contributed by atoms with Crippen LogP contribution >= 0.6 is 0 Å². The minimum absolute atomic E-state index is 0.106. The van der Waals surface area contributed by atoms with Crippen molar-refractivity contribution in [1.29, 1.82) is 0 Å². The van der Waals surface area contributed by atoms with E-state index in [9.17, 15) is 0 Å². The van der Waals surface area contributed by atoms with E-state index in [1.54, 1.807) is 0 Å². The molecule has 0 heterocycles. The van der Waals surface area contributed by atoms with Crippen molar-refractivity contribution in [2.75, 3.05) is 0 Å². The van der Waals surface area contributed by atoms with Gasteiger partial charge in [0.15, 0.2) is 0 Å². The van der Waals surface area contributed by atoms with Crippen molar-refractivity contribution in [3.05, 3.63) is 71.3 Å². The topological polar surface area (TPSA) is 47.3 Å². The summed E-state index contributed by atoms with van der Waals surface area (Å²) in [5.41, 5.74) is 12.9. The highest BCUT2D eigenvalue weighted by atomic mass is 16.6. The number of hydrogen-bond donors (Lipinski definition) is 2. The second kappa shape index (κ2) is 5.53. The maximum absolute atomic E-state index is 6.12. The van der Waals surface area contributed by atoms with E-state index in [1.807, 2.05) is 30.3 Å². The molecule has 0 fully saturated rings. The zero-order valence-corrected chi connectivity index (χ0v) is 10.8. The molecule has 3 rings (SSSR count). The lowest BCUT2D eigenvalue weighted by Gasteiger charge is -2.14. The minimum atomic E-state index is 0.106. The molecule has 19 heavy (non-hydrogen) atoms. The third-order valence-corrected chi connectivity index (χ3v) is 3.57. The van der Waals surface area contributed by atoms with Crippen molar-refractivity contribution in [2.45, 2.75) is 25.1 Å². The summed E-state index contributed by atoms with van der Waals surface area (Å²) >= 11 is 0. The Morgan fingerprint density at radius 1 is 1.00 bits per heavy atom. The van der Waals surface area contributed by atoms with E-state index in [2.05, 4.69) is 29.7 Å². The van der Waals surface area contributed by atoms with E-state index in [0.29, 0.717) is 6.61 Å². The molecule has 3 heteroatoms. The Kier molecular flexibility index (Phi) is 3.60. The molecule has 0 radical (unpaired) electrons. The standard InChI is InChI=1S/C16H18N2O/c17-15-10-16(14-9-5-4-8-13(14)15)18-19-11-12-6-2-1-3-7-12/h1-9,15-16,18H,10-11,17H2. The van der Waals surface area contributed by atoms with Crippen molar-refractivity contribution in [2.24, 2.45) is 5.73 Å². The first-order valence-corrected chi connectivity index (χ1v) is 6.60. The number of benzene rings is 2. The summed E-state index contributed by atoms with van der Waals surface area (Å²) in [6.07, 6.45) is 0.883. The summed E-state index contributed by atoms with van der Waals surface area (Å²) in [6, 6.07) is 18.7. The zero-order chi connectivity index (χ0) is 13.1. The Morgan fingerprint density at radius 2 is 1.68 bits per heavy atom. The maximum atomic E-state index is 6.12. The Bertz CT molecular complexity index is 541. The van der Waals surface area contributed by atoms with Crippen LogP contribution in [0.25, 0.3) is 0 Å². The van der Waals surface area contributed by atoms with Crippen LogP contribution < -0.4 is 11.2 Å². The van der Waals surface area contributed by atoms with Gasteiger partial charge in [-0.05, 0) is 23.1 Å². The van der Waals surface area contributed by atoms with Gasteiger partial charge in [-0.3, -0.25) is 4.84 Å². The molecule has 2 unspecified atom stereocenters. The van der Waals surface area contributed by atoms with Gasteiger partial charge in [-0.2, -0.15) is 5.48 Å².